The minimum atomic E-state index is -1.01. The Morgan fingerprint density at radius 3 is 2.67 bits per heavy atom. The fourth-order valence-corrected chi connectivity index (χ4v) is 1.44. The largest absolute Gasteiger partial charge is 0.480 e. The summed E-state index contributed by atoms with van der Waals surface area (Å²) in [4.78, 5) is 22.1. The van der Waals surface area contributed by atoms with Gasteiger partial charge in [-0.3, -0.25) is 19.8 Å². The van der Waals surface area contributed by atoms with Crippen molar-refractivity contribution >= 4 is 11.7 Å². The van der Waals surface area contributed by atoms with E-state index in [2.05, 4.69) is 0 Å². The molecule has 7 heteroatoms. The van der Waals surface area contributed by atoms with E-state index in [1.165, 1.54) is 17.9 Å². The molecule has 18 heavy (non-hydrogen) atoms. The van der Waals surface area contributed by atoms with E-state index < -0.39 is 22.8 Å². The molecule has 6 nitrogen and oxygen atoms in total. The van der Waals surface area contributed by atoms with E-state index >= 15 is 0 Å². The third kappa shape index (κ3) is 3.49. The molecule has 0 radical (unpaired) electrons. The second-order valence-corrected chi connectivity index (χ2v) is 4.00. The van der Waals surface area contributed by atoms with Gasteiger partial charge in [0.2, 0.25) is 0 Å². The number of halogens is 1. The Morgan fingerprint density at radius 1 is 1.56 bits per heavy atom. The molecule has 0 spiro atoms. The molecule has 0 fully saturated rings. The number of aliphatic carboxylic acids is 1. The van der Waals surface area contributed by atoms with Gasteiger partial charge in [-0.2, -0.15) is 0 Å². The van der Waals surface area contributed by atoms with Crippen molar-refractivity contribution in [3.05, 3.63) is 39.7 Å². The molecule has 0 saturated carbocycles. The highest BCUT2D eigenvalue weighted by atomic mass is 19.1. The normalized spacial score (nSPS) is 12.4. The zero-order valence-corrected chi connectivity index (χ0v) is 9.96. The third-order valence-corrected chi connectivity index (χ3v) is 2.60. The first-order valence-electron chi connectivity index (χ1n) is 5.18. The quantitative estimate of drug-likeness (QED) is 0.639. The monoisotopic (exact) mass is 256 g/mol. The van der Waals surface area contributed by atoms with E-state index in [4.69, 9.17) is 5.11 Å². The molecule has 0 aliphatic heterocycles. The number of non-ortho nitro benzene ring substituents is 1. The molecule has 0 aromatic heterocycles. The molecule has 0 amide bonds. The van der Waals surface area contributed by atoms with Crippen LogP contribution in [-0.4, -0.2) is 34.0 Å². The van der Waals surface area contributed by atoms with Gasteiger partial charge in [-0.05, 0) is 25.6 Å². The number of nitro groups is 1. The number of hydrogen-bond acceptors (Lipinski definition) is 4. The fraction of sp³-hybridized carbons (Fsp3) is 0.364. The van der Waals surface area contributed by atoms with Crippen LogP contribution in [0.4, 0.5) is 10.1 Å². The summed E-state index contributed by atoms with van der Waals surface area (Å²) >= 11 is 0. The van der Waals surface area contributed by atoms with E-state index in [9.17, 15) is 19.3 Å². The van der Waals surface area contributed by atoms with E-state index in [-0.39, 0.29) is 12.2 Å². The maximum atomic E-state index is 13.2. The van der Waals surface area contributed by atoms with E-state index in [0.29, 0.717) is 5.56 Å². The number of carboxylic acids is 1. The SMILES string of the molecule is CC(C(=O)O)N(C)Cc1cc(F)cc([N+](=O)[O-])c1. The lowest BCUT2D eigenvalue weighted by molar-refractivity contribution is -0.385. The molecule has 1 atom stereocenters. The summed E-state index contributed by atoms with van der Waals surface area (Å²) in [6, 6.07) is 2.45. The first kappa shape index (κ1) is 14.0. The smallest absolute Gasteiger partial charge is 0.320 e. The predicted octanol–water partition coefficient (Wildman–Crippen LogP) is 1.64. The highest BCUT2D eigenvalue weighted by molar-refractivity contribution is 5.72. The van der Waals surface area contributed by atoms with Gasteiger partial charge in [0.25, 0.3) is 5.69 Å². The average molecular weight is 256 g/mol. The standard InChI is InChI=1S/C11H13FN2O4/c1-7(11(15)16)13(2)6-8-3-9(12)5-10(4-8)14(17)18/h3-5,7H,6H2,1-2H3,(H,15,16). The number of nitrogens with zero attached hydrogens (tertiary/aromatic N) is 2. The number of nitro benzene ring substituents is 1. The Bertz CT molecular complexity index is 478. The van der Waals surface area contributed by atoms with E-state index in [1.807, 2.05) is 0 Å². The first-order chi connectivity index (χ1) is 8.31. The Labute approximate surface area is 103 Å². The highest BCUT2D eigenvalue weighted by Gasteiger charge is 2.18. The highest BCUT2D eigenvalue weighted by Crippen LogP contribution is 2.18. The van der Waals surface area contributed by atoms with Crippen molar-refractivity contribution in [3.8, 4) is 0 Å². The Balaban J connectivity index is 2.91. The summed E-state index contributed by atoms with van der Waals surface area (Å²) < 4.78 is 13.2. The molecule has 0 heterocycles. The summed E-state index contributed by atoms with van der Waals surface area (Å²) in [7, 11) is 1.55. The van der Waals surface area contributed by atoms with Crippen molar-refractivity contribution in [2.24, 2.45) is 0 Å². The predicted molar refractivity (Wildman–Crippen MR) is 61.6 cm³/mol. The maximum Gasteiger partial charge on any atom is 0.320 e. The van der Waals surface area contributed by atoms with Gasteiger partial charge < -0.3 is 5.11 Å². The van der Waals surface area contributed by atoms with Crippen molar-refractivity contribution in [1.29, 1.82) is 0 Å². The van der Waals surface area contributed by atoms with Crippen molar-refractivity contribution in [1.82, 2.24) is 4.90 Å². The van der Waals surface area contributed by atoms with Crippen molar-refractivity contribution in [3.63, 3.8) is 0 Å². The van der Waals surface area contributed by atoms with Crippen LogP contribution >= 0.6 is 0 Å². The number of carbonyl (C=O) groups is 1. The lowest BCUT2D eigenvalue weighted by Gasteiger charge is -2.20. The second kappa shape index (κ2) is 5.54. The third-order valence-electron chi connectivity index (χ3n) is 2.60. The molecule has 1 rings (SSSR count). The van der Waals surface area contributed by atoms with Gasteiger partial charge in [0, 0.05) is 12.6 Å². The number of likely N-dealkylation sites (N-methyl/N-ethyl adjacent to an activating group) is 1. The maximum absolute atomic E-state index is 13.2. The van der Waals surface area contributed by atoms with Crippen LogP contribution in [0.1, 0.15) is 12.5 Å². The minimum Gasteiger partial charge on any atom is -0.480 e. The molecular formula is C11H13FN2O4. The summed E-state index contributed by atoms with van der Waals surface area (Å²) in [6.45, 7) is 1.60. The molecule has 1 N–H and O–H groups in total. The van der Waals surface area contributed by atoms with Crippen LogP contribution in [0.2, 0.25) is 0 Å². The zero-order valence-electron chi connectivity index (χ0n) is 9.96. The minimum absolute atomic E-state index is 0.117. The van der Waals surface area contributed by atoms with Crippen LogP contribution in [0.3, 0.4) is 0 Å². The lowest BCUT2D eigenvalue weighted by atomic mass is 10.1. The average Bonchev–Trinajstić information content (AvgIpc) is 2.26. The summed E-state index contributed by atoms with van der Waals surface area (Å²) in [6.07, 6.45) is 0. The molecule has 0 aliphatic rings. The van der Waals surface area contributed by atoms with E-state index in [1.54, 1.807) is 7.05 Å². The zero-order chi connectivity index (χ0) is 13.9. The van der Waals surface area contributed by atoms with E-state index in [0.717, 1.165) is 12.1 Å². The van der Waals surface area contributed by atoms with Crippen LogP contribution in [-0.2, 0) is 11.3 Å². The molecule has 1 unspecified atom stereocenters. The summed E-state index contributed by atoms with van der Waals surface area (Å²) in [5.41, 5.74) is 0.0127. The lowest BCUT2D eigenvalue weighted by Crippen LogP contribution is -2.35. The van der Waals surface area contributed by atoms with Crippen LogP contribution in [0.25, 0.3) is 0 Å². The Kier molecular flexibility index (Phi) is 4.33. The van der Waals surface area contributed by atoms with Gasteiger partial charge in [0.1, 0.15) is 11.9 Å². The van der Waals surface area contributed by atoms with Crippen LogP contribution < -0.4 is 0 Å². The van der Waals surface area contributed by atoms with Gasteiger partial charge >= 0.3 is 5.97 Å². The Hall–Kier alpha value is -2.02. The molecule has 1 aromatic carbocycles. The topological polar surface area (TPSA) is 83.7 Å². The molecule has 1 aromatic rings. The number of benzene rings is 1. The van der Waals surface area contributed by atoms with Gasteiger partial charge in [-0.25, -0.2) is 4.39 Å². The fourth-order valence-electron chi connectivity index (χ4n) is 1.44. The molecule has 0 bridgehead atoms. The molecule has 0 aliphatic carbocycles. The van der Waals surface area contributed by atoms with Gasteiger partial charge in [0.15, 0.2) is 0 Å². The molecule has 0 saturated heterocycles. The van der Waals surface area contributed by atoms with Gasteiger partial charge in [-0.1, -0.05) is 0 Å². The molecule has 98 valence electrons. The van der Waals surface area contributed by atoms with Crippen LogP contribution in [0.15, 0.2) is 18.2 Å². The number of hydrogen-bond donors (Lipinski definition) is 1. The second-order valence-electron chi connectivity index (χ2n) is 4.00. The Morgan fingerprint density at radius 2 is 2.17 bits per heavy atom. The van der Waals surface area contributed by atoms with Crippen molar-refractivity contribution < 1.29 is 19.2 Å². The number of carboxylic acid groups (broad SMARTS) is 1. The van der Waals surface area contributed by atoms with Crippen LogP contribution in [0, 0.1) is 15.9 Å². The molecular weight excluding hydrogens is 243 g/mol. The summed E-state index contributed by atoms with van der Waals surface area (Å²) in [5.74, 6) is -1.72. The van der Waals surface area contributed by atoms with Crippen molar-refractivity contribution in [2.45, 2.75) is 19.5 Å². The first-order valence-corrected chi connectivity index (χ1v) is 5.18. The van der Waals surface area contributed by atoms with Gasteiger partial charge in [-0.15, -0.1) is 0 Å². The summed E-state index contributed by atoms with van der Waals surface area (Å²) in [5, 5.41) is 19.4. The van der Waals surface area contributed by atoms with Crippen molar-refractivity contribution in [2.75, 3.05) is 7.05 Å². The number of rotatable bonds is 5. The van der Waals surface area contributed by atoms with Crippen LogP contribution in [0.5, 0.6) is 0 Å². The van der Waals surface area contributed by atoms with Gasteiger partial charge in [0.05, 0.1) is 11.0 Å².